The molecule has 2 rings (SSSR count). The van der Waals surface area contributed by atoms with E-state index in [1.165, 1.54) is 0 Å². The smallest absolute Gasteiger partial charge is 0.206 e. The van der Waals surface area contributed by atoms with Gasteiger partial charge in [0.1, 0.15) is 5.82 Å². The Labute approximate surface area is 76.4 Å². The molecule has 2 N–H and O–H groups in total. The fourth-order valence-electron chi connectivity index (χ4n) is 1.69. The van der Waals surface area contributed by atoms with Crippen LogP contribution in [0.25, 0.3) is 5.52 Å². The highest BCUT2D eigenvalue weighted by Gasteiger charge is 2.09. The largest absolute Gasteiger partial charge is 0.369 e. The molecular weight excluding hydrogens is 164 g/mol. The molecule has 0 unspecified atom stereocenters. The molecule has 0 aliphatic carbocycles. The van der Waals surface area contributed by atoms with Gasteiger partial charge in [-0.25, -0.2) is 9.97 Å². The Balaban J connectivity index is 3.03. The fourth-order valence-corrected chi connectivity index (χ4v) is 1.69. The molecule has 0 bridgehead atoms. The maximum absolute atomic E-state index is 5.75. The highest BCUT2D eigenvalue weighted by Crippen LogP contribution is 2.17. The number of imidazole rings is 1. The number of nitrogen functional groups attached to an aromatic ring is 1. The van der Waals surface area contributed by atoms with Crippen molar-refractivity contribution in [1.29, 1.82) is 0 Å². The Morgan fingerprint density at radius 2 is 2.00 bits per heavy atom. The van der Waals surface area contributed by atoms with Crippen molar-refractivity contribution in [2.45, 2.75) is 20.8 Å². The van der Waals surface area contributed by atoms with Crippen LogP contribution in [0, 0.1) is 20.8 Å². The summed E-state index contributed by atoms with van der Waals surface area (Å²) in [5.74, 6) is 1.39. The summed E-state index contributed by atoms with van der Waals surface area (Å²) in [5.41, 5.74) is 8.93. The molecule has 2 aromatic heterocycles. The van der Waals surface area contributed by atoms with Gasteiger partial charge in [0.15, 0.2) is 0 Å². The third kappa shape index (κ3) is 0.983. The van der Waals surface area contributed by atoms with E-state index in [0.29, 0.717) is 5.95 Å². The van der Waals surface area contributed by atoms with Crippen LogP contribution in [-0.2, 0) is 0 Å². The summed E-state index contributed by atoms with van der Waals surface area (Å²) in [7, 11) is 0. The number of rotatable bonds is 0. The topological polar surface area (TPSA) is 56.2 Å². The molecule has 4 nitrogen and oxygen atoms in total. The van der Waals surface area contributed by atoms with E-state index in [9.17, 15) is 0 Å². The van der Waals surface area contributed by atoms with Gasteiger partial charge in [-0.05, 0) is 26.3 Å². The average molecular weight is 176 g/mol. The lowest BCUT2D eigenvalue weighted by molar-refractivity contribution is 1.01. The van der Waals surface area contributed by atoms with Crippen molar-refractivity contribution in [3.8, 4) is 0 Å². The van der Waals surface area contributed by atoms with Crippen molar-refractivity contribution in [3.05, 3.63) is 23.3 Å². The normalized spacial score (nSPS) is 11.0. The summed E-state index contributed by atoms with van der Waals surface area (Å²) in [6, 6.07) is 0. The Hall–Kier alpha value is -1.58. The first-order valence-electron chi connectivity index (χ1n) is 4.18. The van der Waals surface area contributed by atoms with Crippen LogP contribution < -0.4 is 5.73 Å². The zero-order valence-electron chi connectivity index (χ0n) is 8.00. The van der Waals surface area contributed by atoms with Gasteiger partial charge < -0.3 is 5.73 Å². The van der Waals surface area contributed by atoms with E-state index in [-0.39, 0.29) is 0 Å². The average Bonchev–Trinajstić information content (AvgIpc) is 2.36. The van der Waals surface area contributed by atoms with Crippen LogP contribution in [-0.4, -0.2) is 14.4 Å². The summed E-state index contributed by atoms with van der Waals surface area (Å²) >= 11 is 0. The minimum absolute atomic E-state index is 0.499. The van der Waals surface area contributed by atoms with Crippen LogP contribution >= 0.6 is 0 Å². The van der Waals surface area contributed by atoms with Crippen molar-refractivity contribution in [1.82, 2.24) is 14.4 Å². The molecule has 0 amide bonds. The predicted molar refractivity (Wildman–Crippen MR) is 51.6 cm³/mol. The minimum atomic E-state index is 0.499. The van der Waals surface area contributed by atoms with Gasteiger partial charge in [0.2, 0.25) is 5.95 Å². The number of hydrogen-bond donors (Lipinski definition) is 1. The van der Waals surface area contributed by atoms with E-state index in [1.807, 2.05) is 25.2 Å². The molecule has 2 heterocycles. The van der Waals surface area contributed by atoms with Crippen LogP contribution in [0.4, 0.5) is 5.95 Å². The molecule has 0 saturated carbocycles. The summed E-state index contributed by atoms with van der Waals surface area (Å²) in [4.78, 5) is 8.44. The van der Waals surface area contributed by atoms with Crippen molar-refractivity contribution in [2.75, 3.05) is 5.73 Å². The first kappa shape index (κ1) is 8.04. The lowest BCUT2D eigenvalue weighted by Crippen LogP contribution is -2.02. The van der Waals surface area contributed by atoms with Crippen LogP contribution in [0.3, 0.4) is 0 Å². The van der Waals surface area contributed by atoms with Gasteiger partial charge in [-0.3, -0.25) is 4.40 Å². The fraction of sp³-hybridized carbons (Fsp3) is 0.333. The van der Waals surface area contributed by atoms with Crippen LogP contribution in [0.15, 0.2) is 6.20 Å². The molecule has 68 valence electrons. The van der Waals surface area contributed by atoms with Crippen molar-refractivity contribution < 1.29 is 0 Å². The zero-order chi connectivity index (χ0) is 9.59. The summed E-state index contributed by atoms with van der Waals surface area (Å²) in [6.07, 6.45) is 1.78. The summed E-state index contributed by atoms with van der Waals surface area (Å²) in [5, 5.41) is 0. The highest BCUT2D eigenvalue weighted by molar-refractivity contribution is 5.61. The molecule has 0 fully saturated rings. The molecule has 0 spiro atoms. The second-order valence-electron chi connectivity index (χ2n) is 3.23. The van der Waals surface area contributed by atoms with Crippen LogP contribution in [0.1, 0.15) is 17.1 Å². The van der Waals surface area contributed by atoms with E-state index in [2.05, 4.69) is 9.97 Å². The van der Waals surface area contributed by atoms with Crippen LogP contribution in [0.2, 0.25) is 0 Å². The molecule has 0 radical (unpaired) electrons. The Kier molecular flexibility index (Phi) is 1.52. The first-order valence-corrected chi connectivity index (χ1v) is 4.18. The second-order valence-corrected chi connectivity index (χ2v) is 3.23. The van der Waals surface area contributed by atoms with E-state index in [4.69, 9.17) is 5.73 Å². The minimum Gasteiger partial charge on any atom is -0.369 e. The lowest BCUT2D eigenvalue weighted by atomic mass is 10.2. The molecule has 0 atom stereocenters. The van der Waals surface area contributed by atoms with Gasteiger partial charge in [-0.1, -0.05) is 0 Å². The quantitative estimate of drug-likeness (QED) is 0.657. The molecule has 0 aliphatic rings. The van der Waals surface area contributed by atoms with Crippen molar-refractivity contribution in [3.63, 3.8) is 0 Å². The SMILES string of the molecule is Cc1cnc(N)n2c(C)nc(C)c12. The molecule has 0 aromatic carbocycles. The number of nitrogens with zero attached hydrogens (tertiary/aromatic N) is 3. The van der Waals surface area contributed by atoms with Crippen LogP contribution in [0.5, 0.6) is 0 Å². The van der Waals surface area contributed by atoms with Gasteiger partial charge >= 0.3 is 0 Å². The zero-order valence-corrected chi connectivity index (χ0v) is 8.00. The van der Waals surface area contributed by atoms with E-state index >= 15 is 0 Å². The standard InChI is InChI=1S/C9H12N4/c1-5-4-11-9(10)13-7(3)12-6(2)8(5)13/h4H,1-3H3,(H2,10,11). The second kappa shape index (κ2) is 2.45. The first-order chi connectivity index (χ1) is 6.11. The van der Waals surface area contributed by atoms with Gasteiger partial charge in [0.25, 0.3) is 0 Å². The van der Waals surface area contributed by atoms with E-state index in [0.717, 1.165) is 22.6 Å². The van der Waals surface area contributed by atoms with Gasteiger partial charge in [-0.15, -0.1) is 0 Å². The number of hydrogen-bond acceptors (Lipinski definition) is 3. The molecular formula is C9H12N4. The maximum Gasteiger partial charge on any atom is 0.206 e. The Bertz CT molecular complexity index is 428. The molecule has 0 aliphatic heterocycles. The Morgan fingerprint density at radius 3 is 2.62 bits per heavy atom. The Morgan fingerprint density at radius 1 is 1.31 bits per heavy atom. The summed E-state index contributed by atoms with van der Waals surface area (Å²) in [6.45, 7) is 5.92. The van der Waals surface area contributed by atoms with Crippen molar-refractivity contribution in [2.24, 2.45) is 0 Å². The number of fused-ring (bicyclic) bond motifs is 1. The molecule has 13 heavy (non-hydrogen) atoms. The van der Waals surface area contributed by atoms with Gasteiger partial charge in [0, 0.05) is 6.20 Å². The van der Waals surface area contributed by atoms with Gasteiger partial charge in [-0.2, -0.15) is 0 Å². The molecule has 2 aromatic rings. The molecule has 0 saturated heterocycles. The highest BCUT2D eigenvalue weighted by atomic mass is 15.1. The predicted octanol–water partition coefficient (Wildman–Crippen LogP) is 1.24. The summed E-state index contributed by atoms with van der Waals surface area (Å²) < 4.78 is 1.88. The third-order valence-electron chi connectivity index (χ3n) is 2.21. The maximum atomic E-state index is 5.75. The van der Waals surface area contributed by atoms with Crippen molar-refractivity contribution >= 4 is 11.5 Å². The monoisotopic (exact) mass is 176 g/mol. The van der Waals surface area contributed by atoms with E-state index < -0.39 is 0 Å². The van der Waals surface area contributed by atoms with E-state index in [1.54, 1.807) is 6.20 Å². The molecule has 4 heteroatoms. The number of nitrogens with two attached hydrogens (primary N) is 1. The number of aromatic nitrogens is 3. The number of anilines is 1. The number of aryl methyl sites for hydroxylation is 3. The lowest BCUT2D eigenvalue weighted by Gasteiger charge is -2.02. The third-order valence-corrected chi connectivity index (χ3v) is 2.21. The van der Waals surface area contributed by atoms with Gasteiger partial charge in [0.05, 0.1) is 11.2 Å².